The molecule has 0 unspecified atom stereocenters. The average molecular weight is 221 g/mol. The van der Waals surface area contributed by atoms with Crippen molar-refractivity contribution >= 4 is 32.3 Å². The topological polar surface area (TPSA) is 38.0 Å². The SMILES string of the molecule is NCCNc1sccc1Br. The van der Waals surface area contributed by atoms with Gasteiger partial charge in [0.25, 0.3) is 0 Å². The molecule has 0 fully saturated rings. The van der Waals surface area contributed by atoms with Crippen molar-refractivity contribution in [1.82, 2.24) is 0 Å². The van der Waals surface area contributed by atoms with Crippen LogP contribution in [-0.2, 0) is 0 Å². The Morgan fingerprint density at radius 2 is 2.50 bits per heavy atom. The van der Waals surface area contributed by atoms with Gasteiger partial charge in [0.05, 0.1) is 4.47 Å². The van der Waals surface area contributed by atoms with Gasteiger partial charge in [-0.2, -0.15) is 0 Å². The van der Waals surface area contributed by atoms with Gasteiger partial charge in [-0.3, -0.25) is 0 Å². The molecule has 0 aliphatic rings. The molecule has 2 nitrogen and oxygen atoms in total. The highest BCUT2D eigenvalue weighted by atomic mass is 79.9. The summed E-state index contributed by atoms with van der Waals surface area (Å²) in [5.74, 6) is 0. The molecule has 0 aromatic carbocycles. The minimum Gasteiger partial charge on any atom is -0.375 e. The van der Waals surface area contributed by atoms with Crippen LogP contribution in [0.1, 0.15) is 0 Å². The zero-order valence-corrected chi connectivity index (χ0v) is 7.83. The van der Waals surface area contributed by atoms with Crippen LogP contribution in [0.2, 0.25) is 0 Å². The monoisotopic (exact) mass is 220 g/mol. The molecule has 0 aliphatic carbocycles. The van der Waals surface area contributed by atoms with E-state index in [-0.39, 0.29) is 0 Å². The minimum absolute atomic E-state index is 0.671. The standard InChI is InChI=1S/C6H9BrN2S/c7-5-1-4-10-6(5)9-3-2-8/h1,4,9H,2-3,8H2. The lowest BCUT2D eigenvalue weighted by Crippen LogP contribution is -2.12. The number of anilines is 1. The summed E-state index contributed by atoms with van der Waals surface area (Å²) in [4.78, 5) is 0. The molecule has 0 spiro atoms. The third kappa shape index (κ3) is 1.97. The van der Waals surface area contributed by atoms with Crippen molar-refractivity contribution in [3.8, 4) is 0 Å². The second-order valence-corrected chi connectivity index (χ2v) is 3.58. The Balaban J connectivity index is 2.49. The minimum atomic E-state index is 0.671. The van der Waals surface area contributed by atoms with Crippen LogP contribution in [0.3, 0.4) is 0 Å². The van der Waals surface area contributed by atoms with Crippen molar-refractivity contribution in [2.75, 3.05) is 18.4 Å². The van der Waals surface area contributed by atoms with Crippen LogP contribution in [0.15, 0.2) is 15.9 Å². The highest BCUT2D eigenvalue weighted by Gasteiger charge is 1.97. The maximum atomic E-state index is 5.32. The molecule has 1 aromatic rings. The summed E-state index contributed by atoms with van der Waals surface area (Å²) in [5.41, 5.74) is 5.32. The van der Waals surface area contributed by atoms with Crippen LogP contribution in [-0.4, -0.2) is 13.1 Å². The molecule has 56 valence electrons. The highest BCUT2D eigenvalue weighted by molar-refractivity contribution is 9.10. The number of thiophene rings is 1. The summed E-state index contributed by atoms with van der Waals surface area (Å²) < 4.78 is 1.12. The second kappa shape index (κ2) is 3.95. The third-order valence-corrected chi connectivity index (χ3v) is 2.84. The summed E-state index contributed by atoms with van der Waals surface area (Å²) in [6, 6.07) is 2.02. The van der Waals surface area contributed by atoms with Crippen molar-refractivity contribution < 1.29 is 0 Å². The van der Waals surface area contributed by atoms with Gasteiger partial charge in [-0.15, -0.1) is 11.3 Å². The number of nitrogens with two attached hydrogens (primary N) is 1. The summed E-state index contributed by atoms with van der Waals surface area (Å²) >= 11 is 5.08. The van der Waals surface area contributed by atoms with Crippen LogP contribution in [0, 0.1) is 0 Å². The molecule has 0 atom stereocenters. The van der Waals surface area contributed by atoms with Crippen LogP contribution < -0.4 is 11.1 Å². The summed E-state index contributed by atoms with van der Waals surface area (Å²) in [6.45, 7) is 1.50. The molecule has 0 saturated heterocycles. The van der Waals surface area contributed by atoms with Gasteiger partial charge in [-0.1, -0.05) is 0 Å². The molecule has 10 heavy (non-hydrogen) atoms. The predicted octanol–water partition coefficient (Wildman–Crippen LogP) is 1.88. The van der Waals surface area contributed by atoms with E-state index in [0.717, 1.165) is 16.0 Å². The Hall–Kier alpha value is -0.0600. The molecule has 1 heterocycles. The zero-order valence-electron chi connectivity index (χ0n) is 5.43. The average Bonchev–Trinajstić information content (AvgIpc) is 2.31. The maximum absolute atomic E-state index is 5.32. The molecule has 1 aromatic heterocycles. The highest BCUT2D eigenvalue weighted by Crippen LogP contribution is 2.27. The Labute approximate surface area is 72.6 Å². The van der Waals surface area contributed by atoms with Gasteiger partial charge >= 0.3 is 0 Å². The van der Waals surface area contributed by atoms with E-state index in [4.69, 9.17) is 5.73 Å². The normalized spacial score (nSPS) is 9.80. The first kappa shape index (κ1) is 8.04. The molecule has 1 rings (SSSR count). The Morgan fingerprint density at radius 3 is 3.00 bits per heavy atom. The first-order valence-corrected chi connectivity index (χ1v) is 4.69. The summed E-state index contributed by atoms with van der Waals surface area (Å²) in [6.07, 6.45) is 0. The van der Waals surface area contributed by atoms with E-state index in [1.807, 2.05) is 11.4 Å². The number of nitrogens with one attached hydrogen (secondary N) is 1. The van der Waals surface area contributed by atoms with Gasteiger partial charge in [0.1, 0.15) is 5.00 Å². The Morgan fingerprint density at radius 1 is 1.70 bits per heavy atom. The van der Waals surface area contributed by atoms with Gasteiger partial charge in [-0.25, -0.2) is 0 Å². The number of hydrogen-bond acceptors (Lipinski definition) is 3. The van der Waals surface area contributed by atoms with Crippen LogP contribution in [0.25, 0.3) is 0 Å². The van der Waals surface area contributed by atoms with Crippen LogP contribution in [0.5, 0.6) is 0 Å². The number of hydrogen-bond donors (Lipinski definition) is 2. The van der Waals surface area contributed by atoms with Gasteiger partial charge in [0, 0.05) is 13.1 Å². The predicted molar refractivity (Wildman–Crippen MR) is 49.6 cm³/mol. The van der Waals surface area contributed by atoms with Crippen molar-refractivity contribution in [2.24, 2.45) is 5.73 Å². The largest absolute Gasteiger partial charge is 0.375 e. The second-order valence-electron chi connectivity index (χ2n) is 1.81. The fourth-order valence-corrected chi connectivity index (χ4v) is 2.04. The van der Waals surface area contributed by atoms with E-state index in [1.54, 1.807) is 11.3 Å². The quantitative estimate of drug-likeness (QED) is 0.817. The van der Waals surface area contributed by atoms with E-state index < -0.39 is 0 Å². The summed E-state index contributed by atoms with van der Waals surface area (Å²) in [7, 11) is 0. The molecule has 0 saturated carbocycles. The Bertz CT molecular complexity index is 199. The molecule has 0 bridgehead atoms. The van der Waals surface area contributed by atoms with E-state index in [1.165, 1.54) is 0 Å². The van der Waals surface area contributed by atoms with Gasteiger partial charge in [0.15, 0.2) is 0 Å². The van der Waals surface area contributed by atoms with Crippen molar-refractivity contribution in [3.05, 3.63) is 15.9 Å². The molecular weight excluding hydrogens is 212 g/mol. The van der Waals surface area contributed by atoms with Gasteiger partial charge in [0.2, 0.25) is 0 Å². The molecule has 3 N–H and O–H groups in total. The van der Waals surface area contributed by atoms with Crippen LogP contribution >= 0.6 is 27.3 Å². The lowest BCUT2D eigenvalue weighted by Gasteiger charge is -1.99. The fourth-order valence-electron chi connectivity index (χ4n) is 0.606. The van der Waals surface area contributed by atoms with Crippen LogP contribution in [0.4, 0.5) is 5.00 Å². The first-order chi connectivity index (χ1) is 4.84. The molecular formula is C6H9BrN2S. The van der Waals surface area contributed by atoms with Crippen molar-refractivity contribution in [1.29, 1.82) is 0 Å². The van der Waals surface area contributed by atoms with Crippen molar-refractivity contribution in [3.63, 3.8) is 0 Å². The van der Waals surface area contributed by atoms with E-state index in [0.29, 0.717) is 6.54 Å². The van der Waals surface area contributed by atoms with E-state index >= 15 is 0 Å². The zero-order chi connectivity index (χ0) is 7.40. The molecule has 0 amide bonds. The maximum Gasteiger partial charge on any atom is 0.103 e. The summed E-state index contributed by atoms with van der Waals surface area (Å²) in [5, 5.41) is 6.38. The first-order valence-electron chi connectivity index (χ1n) is 3.01. The number of halogens is 1. The third-order valence-electron chi connectivity index (χ3n) is 1.05. The fraction of sp³-hybridized carbons (Fsp3) is 0.333. The van der Waals surface area contributed by atoms with E-state index in [2.05, 4.69) is 21.2 Å². The number of rotatable bonds is 3. The van der Waals surface area contributed by atoms with Crippen molar-refractivity contribution in [2.45, 2.75) is 0 Å². The lowest BCUT2D eigenvalue weighted by molar-refractivity contribution is 1.03. The van der Waals surface area contributed by atoms with E-state index in [9.17, 15) is 0 Å². The molecule has 0 aliphatic heterocycles. The molecule has 4 heteroatoms. The van der Waals surface area contributed by atoms with Gasteiger partial charge in [-0.05, 0) is 27.4 Å². The smallest absolute Gasteiger partial charge is 0.103 e. The van der Waals surface area contributed by atoms with Gasteiger partial charge < -0.3 is 11.1 Å². The Kier molecular flexibility index (Phi) is 3.18. The lowest BCUT2D eigenvalue weighted by atomic mass is 10.6. The molecule has 0 radical (unpaired) electrons.